The van der Waals surface area contributed by atoms with E-state index in [0.717, 1.165) is 0 Å². The predicted molar refractivity (Wildman–Crippen MR) is 77.6 cm³/mol. The van der Waals surface area contributed by atoms with Crippen LogP contribution in [0.25, 0.3) is 0 Å². The van der Waals surface area contributed by atoms with Gasteiger partial charge in [0, 0.05) is 25.1 Å². The van der Waals surface area contributed by atoms with Crippen LogP contribution in [-0.4, -0.2) is 28.7 Å². The fraction of sp³-hybridized carbons (Fsp3) is 0.357. The molecule has 118 valence electrons. The summed E-state index contributed by atoms with van der Waals surface area (Å²) in [5.74, 6) is -1.99. The molecule has 22 heavy (non-hydrogen) atoms. The highest BCUT2D eigenvalue weighted by atomic mass is 35.5. The van der Waals surface area contributed by atoms with Gasteiger partial charge in [0.1, 0.15) is 11.9 Å². The highest BCUT2D eigenvalue weighted by Crippen LogP contribution is 2.30. The van der Waals surface area contributed by atoms with Crippen LogP contribution in [0.1, 0.15) is 34.3 Å². The number of benzene rings is 1. The number of imide groups is 1. The first kappa shape index (κ1) is 16.4. The third-order valence-electron chi connectivity index (χ3n) is 3.93. The van der Waals surface area contributed by atoms with E-state index in [1.807, 2.05) is 0 Å². The van der Waals surface area contributed by atoms with Crippen LogP contribution >= 0.6 is 12.4 Å². The van der Waals surface area contributed by atoms with Gasteiger partial charge in [0.15, 0.2) is 0 Å². The number of carbonyl (C=O) groups is 3. The Morgan fingerprint density at radius 2 is 2.05 bits per heavy atom. The van der Waals surface area contributed by atoms with E-state index in [1.165, 1.54) is 4.90 Å². The number of piperidine rings is 1. The molecule has 1 atom stereocenters. The van der Waals surface area contributed by atoms with Crippen LogP contribution in [0, 0.1) is 5.82 Å². The monoisotopic (exact) mass is 327 g/mol. The summed E-state index contributed by atoms with van der Waals surface area (Å²) in [4.78, 5) is 36.7. The summed E-state index contributed by atoms with van der Waals surface area (Å²) in [5, 5.41) is 2.21. The Kier molecular flexibility index (Phi) is 4.48. The Bertz CT molecular complexity index is 665. The number of hydrogen-bond acceptors (Lipinski definition) is 4. The van der Waals surface area contributed by atoms with Gasteiger partial charge in [0.25, 0.3) is 5.91 Å². The second kappa shape index (κ2) is 6.02. The summed E-state index contributed by atoms with van der Waals surface area (Å²) in [6.45, 7) is 0.174. The van der Waals surface area contributed by atoms with E-state index in [-0.39, 0.29) is 55.4 Å². The van der Waals surface area contributed by atoms with Crippen molar-refractivity contribution in [2.45, 2.75) is 32.0 Å². The maximum absolute atomic E-state index is 14.2. The van der Waals surface area contributed by atoms with E-state index in [4.69, 9.17) is 5.73 Å². The van der Waals surface area contributed by atoms with Crippen molar-refractivity contribution in [3.05, 3.63) is 34.6 Å². The van der Waals surface area contributed by atoms with Crippen LogP contribution in [0.3, 0.4) is 0 Å². The highest BCUT2D eigenvalue weighted by molar-refractivity contribution is 6.05. The molecule has 2 heterocycles. The van der Waals surface area contributed by atoms with E-state index in [0.29, 0.717) is 5.56 Å². The number of rotatable bonds is 2. The normalized spacial score (nSPS) is 20.5. The standard InChI is InChI=1S/C14H14FN3O3.ClH/c15-12-7(5-16)1-2-8-6-18(14(21)11(8)12)9-3-4-10(19)17-13(9)20;/h1-2,9H,3-6,16H2,(H,17,19,20);1H. The lowest BCUT2D eigenvalue weighted by molar-refractivity contribution is -0.136. The second-order valence-electron chi connectivity index (χ2n) is 5.18. The number of nitrogens with one attached hydrogen (secondary N) is 1. The second-order valence-corrected chi connectivity index (χ2v) is 5.18. The predicted octanol–water partition coefficient (Wildman–Crippen LogP) is 0.467. The lowest BCUT2D eigenvalue weighted by atomic mass is 10.0. The van der Waals surface area contributed by atoms with Crippen LogP contribution in [-0.2, 0) is 22.7 Å². The maximum atomic E-state index is 14.2. The number of carbonyl (C=O) groups excluding carboxylic acids is 3. The van der Waals surface area contributed by atoms with Crippen molar-refractivity contribution >= 4 is 30.1 Å². The quantitative estimate of drug-likeness (QED) is 0.772. The number of hydrogen-bond donors (Lipinski definition) is 2. The summed E-state index contributed by atoms with van der Waals surface area (Å²) in [5.41, 5.74) is 6.24. The fourth-order valence-corrected chi connectivity index (χ4v) is 2.81. The molecule has 2 aliphatic rings. The Balaban J connectivity index is 0.00000176. The van der Waals surface area contributed by atoms with Gasteiger partial charge in [-0.25, -0.2) is 4.39 Å². The molecule has 0 saturated carbocycles. The first-order chi connectivity index (χ1) is 10.0. The van der Waals surface area contributed by atoms with E-state index < -0.39 is 23.7 Å². The minimum Gasteiger partial charge on any atom is -0.326 e. The molecule has 0 bridgehead atoms. The molecule has 2 aliphatic heterocycles. The molecule has 0 aromatic heterocycles. The molecule has 3 amide bonds. The molecule has 0 aliphatic carbocycles. The zero-order valence-electron chi connectivity index (χ0n) is 11.6. The van der Waals surface area contributed by atoms with Crippen molar-refractivity contribution < 1.29 is 18.8 Å². The van der Waals surface area contributed by atoms with E-state index in [9.17, 15) is 18.8 Å². The Hall–Kier alpha value is -1.99. The van der Waals surface area contributed by atoms with Gasteiger partial charge in [-0.2, -0.15) is 0 Å². The zero-order valence-corrected chi connectivity index (χ0v) is 12.4. The van der Waals surface area contributed by atoms with E-state index in [2.05, 4.69) is 5.32 Å². The van der Waals surface area contributed by atoms with Gasteiger partial charge < -0.3 is 10.6 Å². The van der Waals surface area contributed by atoms with Crippen LogP contribution in [0.4, 0.5) is 4.39 Å². The van der Waals surface area contributed by atoms with Crippen molar-refractivity contribution in [2.75, 3.05) is 0 Å². The topological polar surface area (TPSA) is 92.5 Å². The molecule has 0 spiro atoms. The molecular formula is C14H15ClFN3O3. The van der Waals surface area contributed by atoms with E-state index in [1.54, 1.807) is 12.1 Å². The lowest BCUT2D eigenvalue weighted by Crippen LogP contribution is -2.52. The van der Waals surface area contributed by atoms with Crippen LogP contribution in [0.15, 0.2) is 12.1 Å². The molecule has 3 N–H and O–H groups in total. The largest absolute Gasteiger partial charge is 0.326 e. The van der Waals surface area contributed by atoms with Crippen molar-refractivity contribution in [3.8, 4) is 0 Å². The van der Waals surface area contributed by atoms with Crippen molar-refractivity contribution in [1.29, 1.82) is 0 Å². The lowest BCUT2D eigenvalue weighted by Gasteiger charge is -2.29. The highest BCUT2D eigenvalue weighted by Gasteiger charge is 2.40. The fourth-order valence-electron chi connectivity index (χ4n) is 2.81. The van der Waals surface area contributed by atoms with Crippen molar-refractivity contribution in [1.82, 2.24) is 10.2 Å². The molecule has 1 aromatic rings. The summed E-state index contributed by atoms with van der Waals surface area (Å²) in [7, 11) is 0. The van der Waals surface area contributed by atoms with Crippen molar-refractivity contribution in [2.24, 2.45) is 5.73 Å². The summed E-state index contributed by atoms with van der Waals surface area (Å²) in [6, 6.07) is 2.48. The first-order valence-corrected chi connectivity index (χ1v) is 6.68. The Morgan fingerprint density at radius 3 is 2.68 bits per heavy atom. The Labute approximate surface area is 132 Å². The number of nitrogens with zero attached hydrogens (tertiary/aromatic N) is 1. The molecule has 1 unspecified atom stereocenters. The number of amides is 3. The summed E-state index contributed by atoms with van der Waals surface area (Å²) >= 11 is 0. The smallest absolute Gasteiger partial charge is 0.258 e. The molecule has 1 fully saturated rings. The number of nitrogens with two attached hydrogens (primary N) is 1. The summed E-state index contributed by atoms with van der Waals surface area (Å²) < 4.78 is 14.2. The molecule has 3 rings (SSSR count). The van der Waals surface area contributed by atoms with Crippen LogP contribution in [0.5, 0.6) is 0 Å². The van der Waals surface area contributed by atoms with Gasteiger partial charge in [-0.3, -0.25) is 19.7 Å². The average Bonchev–Trinajstić information content (AvgIpc) is 2.77. The average molecular weight is 328 g/mol. The van der Waals surface area contributed by atoms with Crippen molar-refractivity contribution in [3.63, 3.8) is 0 Å². The minimum absolute atomic E-state index is 0. The molecule has 6 nitrogen and oxygen atoms in total. The molecule has 1 saturated heterocycles. The molecular weight excluding hydrogens is 313 g/mol. The van der Waals surface area contributed by atoms with E-state index >= 15 is 0 Å². The molecule has 8 heteroatoms. The molecule has 0 radical (unpaired) electrons. The number of fused-ring (bicyclic) bond motifs is 1. The minimum atomic E-state index is -0.733. The van der Waals surface area contributed by atoms with Gasteiger partial charge in [0.2, 0.25) is 11.8 Å². The third kappa shape index (κ3) is 2.46. The SMILES string of the molecule is Cl.NCc1ccc2c(c1F)C(=O)N(C1CCC(=O)NC1=O)C2. The molecule has 1 aromatic carbocycles. The number of halogens is 2. The summed E-state index contributed by atoms with van der Waals surface area (Å²) in [6.07, 6.45) is 0.433. The zero-order chi connectivity index (χ0) is 15.1. The maximum Gasteiger partial charge on any atom is 0.258 e. The van der Waals surface area contributed by atoms with Gasteiger partial charge >= 0.3 is 0 Å². The van der Waals surface area contributed by atoms with Crippen LogP contribution in [0.2, 0.25) is 0 Å². The first-order valence-electron chi connectivity index (χ1n) is 6.68. The van der Waals surface area contributed by atoms with Gasteiger partial charge in [-0.05, 0) is 12.0 Å². The third-order valence-corrected chi connectivity index (χ3v) is 3.93. The van der Waals surface area contributed by atoms with Gasteiger partial charge in [0.05, 0.1) is 5.56 Å². The van der Waals surface area contributed by atoms with Gasteiger partial charge in [-0.15, -0.1) is 12.4 Å². The van der Waals surface area contributed by atoms with Gasteiger partial charge in [-0.1, -0.05) is 12.1 Å². The Morgan fingerprint density at radius 1 is 1.32 bits per heavy atom. The van der Waals surface area contributed by atoms with Crippen LogP contribution < -0.4 is 11.1 Å².